The van der Waals surface area contributed by atoms with Gasteiger partial charge in [-0.05, 0) is 31.2 Å². The lowest BCUT2D eigenvalue weighted by molar-refractivity contribution is 0.407. The molecule has 1 aromatic rings. The lowest BCUT2D eigenvalue weighted by Crippen LogP contribution is -2.14. The first-order valence-corrected chi connectivity index (χ1v) is 5.60. The van der Waals surface area contributed by atoms with E-state index >= 15 is 0 Å². The number of nitrogens with one attached hydrogen (secondary N) is 1. The van der Waals surface area contributed by atoms with Gasteiger partial charge in [0.25, 0.3) is 0 Å². The molecule has 0 aromatic heterocycles. The van der Waals surface area contributed by atoms with Gasteiger partial charge in [0.2, 0.25) is 0 Å². The number of methoxy groups -OCH3 is 1. The molecule has 0 amide bonds. The normalized spacial score (nSPS) is 9.53. The van der Waals surface area contributed by atoms with Gasteiger partial charge in [-0.2, -0.15) is 0 Å². The fourth-order valence-electron chi connectivity index (χ4n) is 1.29. The van der Waals surface area contributed by atoms with Gasteiger partial charge < -0.3 is 10.1 Å². The fourth-order valence-corrected chi connectivity index (χ4v) is 1.69. The summed E-state index contributed by atoms with van der Waals surface area (Å²) >= 11 is 3.45. The number of hydrogen-bond donors (Lipinski definition) is 1. The zero-order valence-corrected chi connectivity index (χ0v) is 11.5. The van der Waals surface area contributed by atoms with Crippen molar-refractivity contribution < 1.29 is 4.74 Å². The molecule has 0 saturated heterocycles. The zero-order valence-electron chi connectivity index (χ0n) is 9.05. The molecule has 1 N–H and O–H groups in total. The molecule has 0 heterocycles. The summed E-state index contributed by atoms with van der Waals surface area (Å²) in [4.78, 5) is 0. The van der Waals surface area contributed by atoms with E-state index in [0.717, 1.165) is 29.7 Å². The molecule has 0 radical (unpaired) electrons. The predicted octanol–water partition coefficient (Wildman–Crippen LogP) is 3.38. The highest BCUT2D eigenvalue weighted by Crippen LogP contribution is 2.22. The van der Waals surface area contributed by atoms with Crippen molar-refractivity contribution >= 4 is 28.3 Å². The molecule has 0 saturated carbocycles. The van der Waals surface area contributed by atoms with Crippen LogP contribution in [-0.2, 0) is 6.54 Å². The Bertz CT molecular complexity index is 294. The van der Waals surface area contributed by atoms with Crippen LogP contribution in [0, 0.1) is 0 Å². The SMILES string of the molecule is CCCNCc1cc(Br)ccc1OC.Cl. The maximum absolute atomic E-state index is 5.27. The van der Waals surface area contributed by atoms with Crippen molar-refractivity contribution in [2.45, 2.75) is 19.9 Å². The minimum Gasteiger partial charge on any atom is -0.496 e. The molecule has 1 rings (SSSR count). The van der Waals surface area contributed by atoms with Gasteiger partial charge in [0.15, 0.2) is 0 Å². The Labute approximate surface area is 106 Å². The Balaban J connectivity index is 0.00000196. The lowest BCUT2D eigenvalue weighted by Gasteiger charge is -2.09. The van der Waals surface area contributed by atoms with Gasteiger partial charge in [-0.3, -0.25) is 0 Å². The second-order valence-electron chi connectivity index (χ2n) is 3.13. The molecule has 0 unspecified atom stereocenters. The largest absolute Gasteiger partial charge is 0.496 e. The number of ether oxygens (including phenoxy) is 1. The second-order valence-corrected chi connectivity index (χ2v) is 4.05. The van der Waals surface area contributed by atoms with E-state index in [1.807, 2.05) is 12.1 Å². The van der Waals surface area contributed by atoms with Gasteiger partial charge in [0.1, 0.15) is 5.75 Å². The lowest BCUT2D eigenvalue weighted by atomic mass is 10.2. The quantitative estimate of drug-likeness (QED) is 0.841. The maximum atomic E-state index is 5.27. The van der Waals surface area contributed by atoms with E-state index in [4.69, 9.17) is 4.74 Å². The zero-order chi connectivity index (χ0) is 10.4. The highest BCUT2D eigenvalue weighted by Gasteiger charge is 2.02. The monoisotopic (exact) mass is 293 g/mol. The standard InChI is InChI=1S/C11H16BrNO.ClH/c1-3-6-13-8-9-7-10(12)4-5-11(9)14-2;/h4-5,7,13H,3,6,8H2,1-2H3;1H. The third-order valence-electron chi connectivity index (χ3n) is 1.98. The highest BCUT2D eigenvalue weighted by molar-refractivity contribution is 9.10. The topological polar surface area (TPSA) is 21.3 Å². The average molecular weight is 295 g/mol. The molecule has 0 spiro atoms. The first-order valence-electron chi connectivity index (χ1n) is 4.81. The van der Waals surface area contributed by atoms with E-state index in [2.05, 4.69) is 34.2 Å². The minimum atomic E-state index is 0. The molecule has 0 atom stereocenters. The van der Waals surface area contributed by atoms with E-state index in [-0.39, 0.29) is 12.4 Å². The Kier molecular flexibility index (Phi) is 7.83. The molecule has 4 heteroatoms. The summed E-state index contributed by atoms with van der Waals surface area (Å²) in [5.41, 5.74) is 1.19. The van der Waals surface area contributed by atoms with Crippen molar-refractivity contribution in [2.75, 3.05) is 13.7 Å². The third-order valence-corrected chi connectivity index (χ3v) is 2.48. The Morgan fingerprint density at radius 3 is 2.73 bits per heavy atom. The number of halogens is 2. The average Bonchev–Trinajstić information content (AvgIpc) is 2.19. The molecule has 0 bridgehead atoms. The maximum Gasteiger partial charge on any atom is 0.123 e. The van der Waals surface area contributed by atoms with Crippen LogP contribution in [0.1, 0.15) is 18.9 Å². The summed E-state index contributed by atoms with van der Waals surface area (Å²) in [6.45, 7) is 4.05. The Hall–Kier alpha value is -0.250. The van der Waals surface area contributed by atoms with Crippen molar-refractivity contribution in [1.82, 2.24) is 5.32 Å². The smallest absolute Gasteiger partial charge is 0.123 e. The van der Waals surface area contributed by atoms with Gasteiger partial charge in [-0.15, -0.1) is 12.4 Å². The third kappa shape index (κ3) is 4.87. The molecule has 86 valence electrons. The number of benzene rings is 1. The van der Waals surface area contributed by atoms with Gasteiger partial charge >= 0.3 is 0 Å². The van der Waals surface area contributed by atoms with E-state index in [1.165, 1.54) is 5.56 Å². The first-order chi connectivity index (χ1) is 6.77. The molecule has 2 nitrogen and oxygen atoms in total. The number of rotatable bonds is 5. The van der Waals surface area contributed by atoms with Crippen LogP contribution in [0.5, 0.6) is 5.75 Å². The minimum absolute atomic E-state index is 0. The summed E-state index contributed by atoms with van der Waals surface area (Å²) in [5.74, 6) is 0.941. The molecule has 1 aromatic carbocycles. The van der Waals surface area contributed by atoms with E-state index in [9.17, 15) is 0 Å². The van der Waals surface area contributed by atoms with Crippen molar-refractivity contribution in [2.24, 2.45) is 0 Å². The summed E-state index contributed by atoms with van der Waals surface area (Å²) in [5, 5.41) is 3.35. The number of hydrogen-bond acceptors (Lipinski definition) is 2. The molecule has 0 aliphatic heterocycles. The van der Waals surface area contributed by atoms with Crippen molar-refractivity contribution in [3.8, 4) is 5.75 Å². The van der Waals surface area contributed by atoms with Gasteiger partial charge in [-0.25, -0.2) is 0 Å². The van der Waals surface area contributed by atoms with Crippen molar-refractivity contribution in [3.63, 3.8) is 0 Å². The van der Waals surface area contributed by atoms with Crippen LogP contribution in [0.25, 0.3) is 0 Å². The van der Waals surface area contributed by atoms with Crippen LogP contribution in [0.2, 0.25) is 0 Å². The van der Waals surface area contributed by atoms with Crippen LogP contribution < -0.4 is 10.1 Å². The summed E-state index contributed by atoms with van der Waals surface area (Å²) in [7, 11) is 1.70. The fraction of sp³-hybridized carbons (Fsp3) is 0.455. The van der Waals surface area contributed by atoms with Gasteiger partial charge in [-0.1, -0.05) is 22.9 Å². The van der Waals surface area contributed by atoms with Crippen molar-refractivity contribution in [3.05, 3.63) is 28.2 Å². The van der Waals surface area contributed by atoms with Crippen LogP contribution in [0.4, 0.5) is 0 Å². The van der Waals surface area contributed by atoms with Crippen LogP contribution in [0.3, 0.4) is 0 Å². The molecule has 0 fully saturated rings. The molecule has 0 aliphatic carbocycles. The van der Waals surface area contributed by atoms with E-state index in [0.29, 0.717) is 0 Å². The van der Waals surface area contributed by atoms with E-state index in [1.54, 1.807) is 7.11 Å². The van der Waals surface area contributed by atoms with Crippen LogP contribution in [-0.4, -0.2) is 13.7 Å². The summed E-state index contributed by atoms with van der Waals surface area (Å²) < 4.78 is 6.36. The van der Waals surface area contributed by atoms with Crippen molar-refractivity contribution in [1.29, 1.82) is 0 Å². The van der Waals surface area contributed by atoms with Gasteiger partial charge in [0.05, 0.1) is 7.11 Å². The van der Waals surface area contributed by atoms with Crippen LogP contribution in [0.15, 0.2) is 22.7 Å². The summed E-state index contributed by atoms with van der Waals surface area (Å²) in [6, 6.07) is 6.05. The molecule has 0 aliphatic rings. The van der Waals surface area contributed by atoms with Crippen LogP contribution >= 0.6 is 28.3 Å². The summed E-state index contributed by atoms with van der Waals surface area (Å²) in [6.07, 6.45) is 1.15. The van der Waals surface area contributed by atoms with Gasteiger partial charge in [0, 0.05) is 16.6 Å². The Morgan fingerprint density at radius 1 is 1.40 bits per heavy atom. The molecular weight excluding hydrogens is 277 g/mol. The second kappa shape index (κ2) is 7.97. The van der Waals surface area contributed by atoms with E-state index < -0.39 is 0 Å². The first kappa shape index (κ1) is 14.8. The Morgan fingerprint density at radius 2 is 2.13 bits per heavy atom. The predicted molar refractivity (Wildman–Crippen MR) is 69.9 cm³/mol. The molecular formula is C11H17BrClNO. The highest BCUT2D eigenvalue weighted by atomic mass is 79.9. The molecule has 15 heavy (non-hydrogen) atoms.